The highest BCUT2D eigenvalue weighted by molar-refractivity contribution is 7.07. The molecule has 1 saturated carbocycles. The zero-order chi connectivity index (χ0) is 20.8. The lowest BCUT2D eigenvalue weighted by molar-refractivity contribution is 0.414. The first-order chi connectivity index (χ1) is 14.8. The van der Waals surface area contributed by atoms with Crippen molar-refractivity contribution >= 4 is 17.6 Å². The molecule has 156 valence electrons. The van der Waals surface area contributed by atoms with Crippen LogP contribution in [0.4, 0.5) is 0 Å². The molecular formula is C25H29N3OS. The third-order valence-electron chi connectivity index (χ3n) is 5.71. The van der Waals surface area contributed by atoms with Gasteiger partial charge in [0.2, 0.25) is 4.80 Å². The Morgan fingerprint density at radius 2 is 1.83 bits per heavy atom. The van der Waals surface area contributed by atoms with Crippen LogP contribution in [0, 0.1) is 0 Å². The summed E-state index contributed by atoms with van der Waals surface area (Å²) >= 11 is 1.62. The Balaban J connectivity index is 1.67. The van der Waals surface area contributed by atoms with Crippen molar-refractivity contribution in [3.63, 3.8) is 0 Å². The van der Waals surface area contributed by atoms with Crippen LogP contribution in [0.2, 0.25) is 0 Å². The molecule has 0 aliphatic heterocycles. The molecule has 0 unspecified atom stereocenters. The minimum Gasteiger partial charge on any atom is -0.496 e. The lowest BCUT2D eigenvalue weighted by atomic mass is 9.84. The number of hydrogen-bond acceptors (Lipinski definition) is 4. The molecule has 1 aromatic heterocycles. The molecule has 1 aliphatic carbocycles. The first-order valence-corrected chi connectivity index (χ1v) is 11.7. The van der Waals surface area contributed by atoms with E-state index in [-0.39, 0.29) is 0 Å². The Hall–Kier alpha value is -2.66. The molecule has 1 heterocycles. The summed E-state index contributed by atoms with van der Waals surface area (Å²) in [7, 11) is 1.68. The Morgan fingerprint density at radius 1 is 1.07 bits per heavy atom. The van der Waals surface area contributed by atoms with Crippen molar-refractivity contribution in [3.8, 4) is 17.0 Å². The fraction of sp³-hybridized carbons (Fsp3) is 0.360. The molecule has 30 heavy (non-hydrogen) atoms. The van der Waals surface area contributed by atoms with Gasteiger partial charge < -0.3 is 4.74 Å². The lowest BCUT2D eigenvalue weighted by Crippen LogP contribution is -2.12. The fourth-order valence-electron chi connectivity index (χ4n) is 4.11. The highest BCUT2D eigenvalue weighted by Gasteiger charge is 2.16. The maximum atomic E-state index is 5.46. The monoisotopic (exact) mass is 419 g/mol. The summed E-state index contributed by atoms with van der Waals surface area (Å²) < 4.78 is 7.40. The van der Waals surface area contributed by atoms with Gasteiger partial charge in [-0.2, -0.15) is 5.10 Å². The van der Waals surface area contributed by atoms with Crippen LogP contribution in [-0.4, -0.2) is 24.5 Å². The van der Waals surface area contributed by atoms with Crippen LogP contribution in [0.25, 0.3) is 11.3 Å². The number of aromatic nitrogens is 1. The first kappa shape index (κ1) is 20.6. The zero-order valence-corrected chi connectivity index (χ0v) is 18.6. The predicted molar refractivity (Wildman–Crippen MR) is 126 cm³/mol. The van der Waals surface area contributed by atoms with Gasteiger partial charge in [-0.1, -0.05) is 55.7 Å². The fourth-order valence-corrected chi connectivity index (χ4v) is 5.01. The smallest absolute Gasteiger partial charge is 0.206 e. The molecule has 0 saturated heterocycles. The number of hydrogen-bond donors (Lipinski definition) is 0. The van der Waals surface area contributed by atoms with Crippen LogP contribution >= 0.6 is 11.3 Å². The molecule has 3 aromatic rings. The highest BCUT2D eigenvalue weighted by Crippen LogP contribution is 2.33. The minimum atomic E-state index is 0.719. The van der Waals surface area contributed by atoms with Gasteiger partial charge in [0.1, 0.15) is 5.75 Å². The van der Waals surface area contributed by atoms with E-state index in [9.17, 15) is 0 Å². The summed E-state index contributed by atoms with van der Waals surface area (Å²) in [5, 5.41) is 6.92. The van der Waals surface area contributed by atoms with Crippen molar-refractivity contribution in [2.24, 2.45) is 10.1 Å². The molecular weight excluding hydrogens is 390 g/mol. The van der Waals surface area contributed by atoms with Crippen molar-refractivity contribution < 1.29 is 4.74 Å². The second-order valence-electron chi connectivity index (χ2n) is 7.63. The summed E-state index contributed by atoms with van der Waals surface area (Å²) in [5.41, 5.74) is 4.64. The quantitative estimate of drug-likeness (QED) is 0.447. The molecule has 2 aromatic carbocycles. The van der Waals surface area contributed by atoms with E-state index in [1.54, 1.807) is 18.4 Å². The number of para-hydroxylation sites is 1. The molecule has 1 fully saturated rings. The molecule has 4 rings (SSSR count). The van der Waals surface area contributed by atoms with E-state index in [1.165, 1.54) is 43.2 Å². The summed E-state index contributed by atoms with van der Waals surface area (Å²) in [6.07, 6.45) is 8.59. The van der Waals surface area contributed by atoms with E-state index >= 15 is 0 Å². The third kappa shape index (κ3) is 4.57. The summed E-state index contributed by atoms with van der Waals surface area (Å²) in [6, 6.07) is 17.0. The second-order valence-corrected chi connectivity index (χ2v) is 8.47. The normalized spacial score (nSPS) is 15.7. The summed E-state index contributed by atoms with van der Waals surface area (Å²) in [5.74, 6) is 1.53. The topological polar surface area (TPSA) is 38.9 Å². The molecule has 0 spiro atoms. The number of rotatable bonds is 6. The molecule has 0 atom stereocenters. The first-order valence-electron chi connectivity index (χ1n) is 10.8. The third-order valence-corrected chi connectivity index (χ3v) is 6.57. The van der Waals surface area contributed by atoms with Crippen LogP contribution < -0.4 is 9.54 Å². The van der Waals surface area contributed by atoms with Gasteiger partial charge in [0.15, 0.2) is 0 Å². The maximum absolute atomic E-state index is 5.46. The van der Waals surface area contributed by atoms with Crippen molar-refractivity contribution in [3.05, 3.63) is 69.8 Å². The van der Waals surface area contributed by atoms with E-state index in [0.29, 0.717) is 0 Å². The van der Waals surface area contributed by atoms with Gasteiger partial charge in [-0.3, -0.25) is 4.99 Å². The SMILES string of the molecule is CCN=c1scc(-c2ccc(C3CCCCC3)cc2)n1/N=C/c1ccccc1OC. The van der Waals surface area contributed by atoms with Gasteiger partial charge >= 0.3 is 0 Å². The Morgan fingerprint density at radius 3 is 2.57 bits per heavy atom. The van der Waals surface area contributed by atoms with Crippen molar-refractivity contribution in [2.45, 2.75) is 44.9 Å². The molecule has 0 N–H and O–H groups in total. The summed E-state index contributed by atoms with van der Waals surface area (Å²) in [6.45, 7) is 2.78. The molecule has 0 bridgehead atoms. The van der Waals surface area contributed by atoms with Gasteiger partial charge in [0.25, 0.3) is 0 Å². The van der Waals surface area contributed by atoms with Crippen LogP contribution in [0.5, 0.6) is 5.75 Å². The maximum Gasteiger partial charge on any atom is 0.206 e. The standard InChI is InChI=1S/C25H29N3OS/c1-3-26-25-28(27-17-22-11-7-8-12-24(22)29-2)23(18-30-25)21-15-13-20(14-16-21)19-9-5-4-6-10-19/h7-8,11-19H,3-6,9-10H2,1-2H3/b26-25?,27-17+. The van der Waals surface area contributed by atoms with Crippen molar-refractivity contribution in [2.75, 3.05) is 13.7 Å². The zero-order valence-electron chi connectivity index (χ0n) is 17.8. The Kier molecular flexibility index (Phi) is 6.80. The number of benzene rings is 2. The average Bonchev–Trinajstić information content (AvgIpc) is 3.21. The molecule has 0 amide bonds. The molecule has 1 aliphatic rings. The van der Waals surface area contributed by atoms with Crippen molar-refractivity contribution in [1.82, 2.24) is 4.68 Å². The largest absolute Gasteiger partial charge is 0.496 e. The van der Waals surface area contributed by atoms with E-state index in [0.717, 1.165) is 34.3 Å². The van der Waals surface area contributed by atoms with Crippen LogP contribution in [-0.2, 0) is 0 Å². The van der Waals surface area contributed by atoms with E-state index in [2.05, 4.69) is 34.6 Å². The number of methoxy groups -OCH3 is 1. The Bertz CT molecular complexity index is 1060. The number of thiazole rings is 1. The van der Waals surface area contributed by atoms with Gasteiger partial charge in [-0.25, -0.2) is 4.68 Å². The summed E-state index contributed by atoms with van der Waals surface area (Å²) in [4.78, 5) is 5.53. The molecule has 5 heteroatoms. The lowest BCUT2D eigenvalue weighted by Gasteiger charge is -2.22. The predicted octanol–water partition coefficient (Wildman–Crippen LogP) is 6.08. The van der Waals surface area contributed by atoms with Crippen LogP contribution in [0.15, 0.2) is 64.0 Å². The Labute approximate surface area is 182 Å². The van der Waals surface area contributed by atoms with Gasteiger partial charge in [0.05, 0.1) is 19.0 Å². The number of ether oxygens (including phenoxy) is 1. The molecule has 0 radical (unpaired) electrons. The van der Waals surface area contributed by atoms with Gasteiger partial charge in [-0.15, -0.1) is 11.3 Å². The van der Waals surface area contributed by atoms with E-state index in [4.69, 9.17) is 9.84 Å². The number of nitrogens with zero attached hydrogens (tertiary/aromatic N) is 3. The van der Waals surface area contributed by atoms with Gasteiger partial charge in [-0.05, 0) is 43.4 Å². The highest BCUT2D eigenvalue weighted by atomic mass is 32.1. The van der Waals surface area contributed by atoms with Crippen LogP contribution in [0.1, 0.15) is 56.1 Å². The van der Waals surface area contributed by atoms with Crippen LogP contribution in [0.3, 0.4) is 0 Å². The van der Waals surface area contributed by atoms with Gasteiger partial charge in [0, 0.05) is 23.1 Å². The van der Waals surface area contributed by atoms with Crippen molar-refractivity contribution in [1.29, 1.82) is 0 Å². The average molecular weight is 420 g/mol. The second kappa shape index (κ2) is 9.90. The molecule has 4 nitrogen and oxygen atoms in total. The minimum absolute atomic E-state index is 0.719. The van der Waals surface area contributed by atoms with E-state index in [1.807, 2.05) is 42.1 Å². The van der Waals surface area contributed by atoms with E-state index < -0.39 is 0 Å².